The van der Waals surface area contributed by atoms with Crippen molar-refractivity contribution in [2.75, 3.05) is 39.8 Å². The first-order chi connectivity index (χ1) is 12.1. The van der Waals surface area contributed by atoms with Crippen molar-refractivity contribution in [1.82, 2.24) is 20.4 Å². The predicted octanol–water partition coefficient (Wildman–Crippen LogP) is 1.82. The molecule has 1 amide bonds. The third kappa shape index (κ3) is 6.49. The molecule has 2 unspecified atom stereocenters. The molecule has 6 nitrogen and oxygen atoms in total. The molecule has 0 aromatic carbocycles. The molecule has 0 radical (unpaired) electrons. The summed E-state index contributed by atoms with van der Waals surface area (Å²) in [7, 11) is 1.81. The Bertz CT molecular complexity index is 440. The molecule has 0 bridgehead atoms. The predicted molar refractivity (Wildman–Crippen MR) is 104 cm³/mol. The van der Waals surface area contributed by atoms with Crippen molar-refractivity contribution in [3.8, 4) is 0 Å². The number of piperidine rings is 1. The summed E-state index contributed by atoms with van der Waals surface area (Å²) in [4.78, 5) is 20.7. The molecule has 2 N–H and O–H groups in total. The quantitative estimate of drug-likeness (QED) is 0.417. The maximum Gasteiger partial charge on any atom is 0.222 e. The maximum absolute atomic E-state index is 11.8. The number of aliphatic imine (C=N–C) groups is 1. The number of hydrogen-bond donors (Lipinski definition) is 2. The van der Waals surface area contributed by atoms with Crippen molar-refractivity contribution >= 4 is 11.9 Å². The average Bonchev–Trinajstić information content (AvgIpc) is 3.09. The standard InChI is InChI=1S/C19H37N5O/c1-4-18(25)24-14-10-17(15-24)22-19(20-3)21-11-6-8-13-23-12-7-5-9-16(23)2/h16-17H,4-15H2,1-3H3,(H2,20,21,22). The minimum absolute atomic E-state index is 0.249. The van der Waals surface area contributed by atoms with Crippen molar-refractivity contribution in [1.29, 1.82) is 0 Å². The van der Waals surface area contributed by atoms with Crippen LogP contribution in [0.15, 0.2) is 4.99 Å². The Kier molecular flexibility index (Phi) is 8.52. The fourth-order valence-electron chi connectivity index (χ4n) is 3.85. The van der Waals surface area contributed by atoms with Crippen LogP contribution >= 0.6 is 0 Å². The summed E-state index contributed by atoms with van der Waals surface area (Å²) in [6, 6.07) is 1.07. The number of guanidine groups is 1. The fourth-order valence-corrected chi connectivity index (χ4v) is 3.85. The molecule has 2 atom stereocenters. The highest BCUT2D eigenvalue weighted by Crippen LogP contribution is 2.16. The minimum atomic E-state index is 0.249. The zero-order valence-corrected chi connectivity index (χ0v) is 16.4. The first kappa shape index (κ1) is 20.0. The second-order valence-corrected chi connectivity index (χ2v) is 7.41. The highest BCUT2D eigenvalue weighted by molar-refractivity contribution is 5.80. The van der Waals surface area contributed by atoms with Crippen molar-refractivity contribution in [3.05, 3.63) is 0 Å². The molecule has 0 saturated carbocycles. The van der Waals surface area contributed by atoms with Crippen LogP contribution in [0.3, 0.4) is 0 Å². The van der Waals surface area contributed by atoms with Crippen molar-refractivity contribution in [3.63, 3.8) is 0 Å². The van der Waals surface area contributed by atoms with Gasteiger partial charge >= 0.3 is 0 Å². The zero-order chi connectivity index (χ0) is 18.1. The van der Waals surface area contributed by atoms with Crippen LogP contribution in [-0.2, 0) is 4.79 Å². The van der Waals surface area contributed by atoms with E-state index in [9.17, 15) is 4.79 Å². The van der Waals surface area contributed by atoms with Crippen LogP contribution in [0, 0.1) is 0 Å². The molecule has 6 heteroatoms. The van der Waals surface area contributed by atoms with Gasteiger partial charge in [0, 0.05) is 45.2 Å². The number of hydrogen-bond acceptors (Lipinski definition) is 3. The van der Waals surface area contributed by atoms with Gasteiger partial charge in [-0.2, -0.15) is 0 Å². The van der Waals surface area contributed by atoms with Gasteiger partial charge in [0.15, 0.2) is 5.96 Å². The molecule has 2 rings (SSSR count). The lowest BCUT2D eigenvalue weighted by Crippen LogP contribution is -2.45. The van der Waals surface area contributed by atoms with Crippen LogP contribution in [0.4, 0.5) is 0 Å². The van der Waals surface area contributed by atoms with Crippen LogP contribution < -0.4 is 10.6 Å². The average molecular weight is 352 g/mol. The van der Waals surface area contributed by atoms with Gasteiger partial charge in [0.05, 0.1) is 0 Å². The van der Waals surface area contributed by atoms with Gasteiger partial charge < -0.3 is 20.4 Å². The third-order valence-corrected chi connectivity index (χ3v) is 5.51. The minimum Gasteiger partial charge on any atom is -0.356 e. The first-order valence-corrected chi connectivity index (χ1v) is 10.1. The summed E-state index contributed by atoms with van der Waals surface area (Å²) in [5, 5.41) is 6.88. The molecule has 2 fully saturated rings. The molecule has 0 aromatic rings. The van der Waals surface area contributed by atoms with E-state index >= 15 is 0 Å². The number of nitrogens with zero attached hydrogens (tertiary/aromatic N) is 3. The first-order valence-electron chi connectivity index (χ1n) is 10.1. The zero-order valence-electron chi connectivity index (χ0n) is 16.4. The molecule has 0 aromatic heterocycles. The van der Waals surface area contributed by atoms with Crippen LogP contribution in [0.25, 0.3) is 0 Å². The van der Waals surface area contributed by atoms with Gasteiger partial charge in [-0.15, -0.1) is 0 Å². The second kappa shape index (κ2) is 10.6. The van der Waals surface area contributed by atoms with E-state index in [1.165, 1.54) is 38.8 Å². The Morgan fingerprint density at radius 3 is 2.76 bits per heavy atom. The number of unbranched alkanes of at least 4 members (excludes halogenated alkanes) is 1. The number of carbonyl (C=O) groups excluding carboxylic acids is 1. The van der Waals surface area contributed by atoms with Gasteiger partial charge in [-0.05, 0) is 52.1 Å². The highest BCUT2D eigenvalue weighted by atomic mass is 16.2. The molecular weight excluding hydrogens is 314 g/mol. The molecule has 2 heterocycles. The number of rotatable bonds is 7. The lowest BCUT2D eigenvalue weighted by atomic mass is 10.0. The maximum atomic E-state index is 11.8. The second-order valence-electron chi connectivity index (χ2n) is 7.41. The lowest BCUT2D eigenvalue weighted by Gasteiger charge is -2.33. The van der Waals surface area contributed by atoms with E-state index in [0.717, 1.165) is 44.5 Å². The highest BCUT2D eigenvalue weighted by Gasteiger charge is 2.25. The van der Waals surface area contributed by atoms with E-state index in [1.807, 2.05) is 18.9 Å². The topological polar surface area (TPSA) is 60.0 Å². The van der Waals surface area contributed by atoms with Gasteiger partial charge in [-0.25, -0.2) is 0 Å². The normalized spacial score (nSPS) is 25.2. The van der Waals surface area contributed by atoms with Crippen LogP contribution in [0.2, 0.25) is 0 Å². The smallest absolute Gasteiger partial charge is 0.222 e. The van der Waals surface area contributed by atoms with Gasteiger partial charge in [-0.3, -0.25) is 9.79 Å². The monoisotopic (exact) mass is 351 g/mol. The summed E-state index contributed by atoms with van der Waals surface area (Å²) in [6.07, 6.45) is 8.09. The molecule has 0 spiro atoms. The molecule has 144 valence electrons. The SMILES string of the molecule is CCC(=O)N1CCC(NC(=NC)NCCCCN2CCCCC2C)C1. The van der Waals surface area contributed by atoms with Gasteiger partial charge in [0.1, 0.15) is 0 Å². The number of likely N-dealkylation sites (tertiary alicyclic amines) is 2. The van der Waals surface area contributed by atoms with Crippen LogP contribution in [0.1, 0.15) is 58.8 Å². The molecule has 2 aliphatic rings. The van der Waals surface area contributed by atoms with E-state index < -0.39 is 0 Å². The van der Waals surface area contributed by atoms with E-state index in [2.05, 4.69) is 27.4 Å². The number of nitrogens with one attached hydrogen (secondary N) is 2. The molecular formula is C19H37N5O. The molecule has 25 heavy (non-hydrogen) atoms. The van der Waals surface area contributed by atoms with Crippen molar-refractivity contribution in [2.45, 2.75) is 70.9 Å². The van der Waals surface area contributed by atoms with E-state index in [4.69, 9.17) is 0 Å². The third-order valence-electron chi connectivity index (χ3n) is 5.51. The number of amides is 1. The summed E-state index contributed by atoms with van der Waals surface area (Å²) < 4.78 is 0. The Morgan fingerprint density at radius 1 is 1.20 bits per heavy atom. The Balaban J connectivity index is 1.58. The van der Waals surface area contributed by atoms with E-state index in [-0.39, 0.29) is 5.91 Å². The molecule has 0 aliphatic carbocycles. The number of carbonyl (C=O) groups is 1. The summed E-state index contributed by atoms with van der Waals surface area (Å²) in [5.41, 5.74) is 0. The van der Waals surface area contributed by atoms with Gasteiger partial charge in [0.2, 0.25) is 5.91 Å². The van der Waals surface area contributed by atoms with Gasteiger partial charge in [-0.1, -0.05) is 13.3 Å². The molecule has 2 aliphatic heterocycles. The van der Waals surface area contributed by atoms with E-state index in [0.29, 0.717) is 12.5 Å². The van der Waals surface area contributed by atoms with Gasteiger partial charge in [0.25, 0.3) is 0 Å². The Hall–Kier alpha value is -1.30. The lowest BCUT2D eigenvalue weighted by molar-refractivity contribution is -0.129. The van der Waals surface area contributed by atoms with Crippen LogP contribution in [-0.4, -0.2) is 73.5 Å². The van der Waals surface area contributed by atoms with Crippen molar-refractivity contribution in [2.24, 2.45) is 4.99 Å². The van der Waals surface area contributed by atoms with E-state index in [1.54, 1.807) is 0 Å². The Labute approximate surface area is 153 Å². The molecule has 2 saturated heterocycles. The summed E-state index contributed by atoms with van der Waals surface area (Å²) in [5.74, 6) is 1.11. The summed E-state index contributed by atoms with van der Waals surface area (Å²) in [6.45, 7) is 9.37. The fraction of sp³-hybridized carbons (Fsp3) is 0.895. The largest absolute Gasteiger partial charge is 0.356 e. The van der Waals surface area contributed by atoms with Crippen LogP contribution in [0.5, 0.6) is 0 Å². The Morgan fingerprint density at radius 2 is 2.04 bits per heavy atom. The summed E-state index contributed by atoms with van der Waals surface area (Å²) >= 11 is 0. The van der Waals surface area contributed by atoms with Crippen molar-refractivity contribution < 1.29 is 4.79 Å².